The van der Waals surface area contributed by atoms with Crippen LogP contribution in [0.1, 0.15) is 30.7 Å². The number of hydrogen-bond acceptors (Lipinski definition) is 3. The topological polar surface area (TPSA) is 15.3 Å². The zero-order chi connectivity index (χ0) is 13.9. The van der Waals surface area contributed by atoms with E-state index in [1.165, 1.54) is 42.2 Å². The maximum absolute atomic E-state index is 6.00. The molecule has 3 rings (SSSR count). The van der Waals surface area contributed by atoms with Crippen LogP contribution in [0.25, 0.3) is 0 Å². The zero-order valence-electron chi connectivity index (χ0n) is 11.6. The average Bonchev–Trinajstić information content (AvgIpc) is 3.10. The van der Waals surface area contributed by atoms with Gasteiger partial charge in [0, 0.05) is 29.3 Å². The SMILES string of the molecule is CC(Nc1cccc(N2CCCC2)c1)c1ccc(Cl)s1. The van der Waals surface area contributed by atoms with Gasteiger partial charge in [0.1, 0.15) is 0 Å². The molecule has 1 aromatic heterocycles. The molecule has 1 aliphatic heterocycles. The predicted molar refractivity (Wildman–Crippen MR) is 89.3 cm³/mol. The minimum Gasteiger partial charge on any atom is -0.378 e. The Hall–Kier alpha value is -1.19. The average molecular weight is 307 g/mol. The molecule has 1 aliphatic rings. The van der Waals surface area contributed by atoms with Crippen molar-refractivity contribution in [3.8, 4) is 0 Å². The molecule has 20 heavy (non-hydrogen) atoms. The van der Waals surface area contributed by atoms with Gasteiger partial charge in [-0.1, -0.05) is 17.7 Å². The summed E-state index contributed by atoms with van der Waals surface area (Å²) in [6.45, 7) is 4.53. The van der Waals surface area contributed by atoms with Gasteiger partial charge < -0.3 is 10.2 Å². The Balaban J connectivity index is 1.72. The highest BCUT2D eigenvalue weighted by Gasteiger charge is 2.13. The third-order valence-corrected chi connectivity index (χ3v) is 5.14. The molecule has 2 nitrogen and oxygen atoms in total. The Morgan fingerprint density at radius 2 is 2.00 bits per heavy atom. The number of nitrogens with zero attached hydrogens (tertiary/aromatic N) is 1. The molecule has 1 N–H and O–H groups in total. The first-order valence-electron chi connectivity index (χ1n) is 7.09. The van der Waals surface area contributed by atoms with E-state index in [1.54, 1.807) is 11.3 Å². The zero-order valence-corrected chi connectivity index (χ0v) is 13.2. The van der Waals surface area contributed by atoms with E-state index in [4.69, 9.17) is 11.6 Å². The van der Waals surface area contributed by atoms with Crippen molar-refractivity contribution in [2.75, 3.05) is 23.3 Å². The monoisotopic (exact) mass is 306 g/mol. The summed E-state index contributed by atoms with van der Waals surface area (Å²) in [6, 6.07) is 13.0. The molecule has 0 aliphatic carbocycles. The van der Waals surface area contributed by atoms with Crippen molar-refractivity contribution >= 4 is 34.3 Å². The van der Waals surface area contributed by atoms with Crippen LogP contribution < -0.4 is 10.2 Å². The normalized spacial score (nSPS) is 16.4. The summed E-state index contributed by atoms with van der Waals surface area (Å²) < 4.78 is 0.847. The minimum absolute atomic E-state index is 0.279. The Kier molecular flexibility index (Phi) is 4.18. The lowest BCUT2D eigenvalue weighted by molar-refractivity contribution is 0.906. The van der Waals surface area contributed by atoms with Crippen molar-refractivity contribution in [2.45, 2.75) is 25.8 Å². The van der Waals surface area contributed by atoms with E-state index in [0.717, 1.165) is 4.34 Å². The maximum Gasteiger partial charge on any atom is 0.0932 e. The summed E-state index contributed by atoms with van der Waals surface area (Å²) in [5, 5.41) is 3.56. The minimum atomic E-state index is 0.279. The molecule has 0 amide bonds. The van der Waals surface area contributed by atoms with Gasteiger partial charge in [0.25, 0.3) is 0 Å². The highest BCUT2D eigenvalue weighted by molar-refractivity contribution is 7.16. The fourth-order valence-corrected chi connectivity index (χ4v) is 3.71. The highest BCUT2D eigenvalue weighted by atomic mass is 35.5. The van der Waals surface area contributed by atoms with Crippen molar-refractivity contribution in [3.05, 3.63) is 45.6 Å². The van der Waals surface area contributed by atoms with Crippen LogP contribution in [0.4, 0.5) is 11.4 Å². The van der Waals surface area contributed by atoms with E-state index < -0.39 is 0 Å². The third-order valence-electron chi connectivity index (χ3n) is 3.72. The molecule has 0 radical (unpaired) electrons. The predicted octanol–water partition coefficient (Wildman–Crippen LogP) is 5.17. The Morgan fingerprint density at radius 3 is 2.70 bits per heavy atom. The molecule has 0 saturated carbocycles. The van der Waals surface area contributed by atoms with E-state index in [9.17, 15) is 0 Å². The summed E-state index contributed by atoms with van der Waals surface area (Å²) in [4.78, 5) is 3.72. The Bertz CT molecular complexity index is 575. The summed E-state index contributed by atoms with van der Waals surface area (Å²) in [7, 11) is 0. The molecule has 1 fully saturated rings. The highest BCUT2D eigenvalue weighted by Crippen LogP contribution is 2.30. The molecule has 2 heterocycles. The summed E-state index contributed by atoms with van der Waals surface area (Å²) in [5.41, 5.74) is 2.50. The third kappa shape index (κ3) is 3.10. The first-order valence-corrected chi connectivity index (χ1v) is 8.28. The summed E-state index contributed by atoms with van der Waals surface area (Å²) >= 11 is 7.64. The first-order chi connectivity index (χ1) is 9.72. The Morgan fingerprint density at radius 1 is 1.20 bits per heavy atom. The standard InChI is InChI=1S/C16H19ClN2S/c1-12(15-7-8-16(17)20-15)18-13-5-4-6-14(11-13)19-9-2-3-10-19/h4-8,11-12,18H,2-3,9-10H2,1H3. The molecular formula is C16H19ClN2S. The Labute approximate surface area is 129 Å². The van der Waals surface area contributed by atoms with Crippen LogP contribution >= 0.6 is 22.9 Å². The van der Waals surface area contributed by atoms with Crippen molar-refractivity contribution < 1.29 is 0 Å². The molecule has 0 spiro atoms. The number of halogens is 1. The first kappa shape index (κ1) is 13.8. The quantitative estimate of drug-likeness (QED) is 0.837. The van der Waals surface area contributed by atoms with Gasteiger partial charge in [-0.25, -0.2) is 0 Å². The van der Waals surface area contributed by atoms with Gasteiger partial charge in [0.05, 0.1) is 10.4 Å². The van der Waals surface area contributed by atoms with Gasteiger partial charge in [0.15, 0.2) is 0 Å². The molecule has 1 aromatic carbocycles. The van der Waals surface area contributed by atoms with Crippen molar-refractivity contribution in [2.24, 2.45) is 0 Å². The molecular weight excluding hydrogens is 288 g/mol. The fourth-order valence-electron chi connectivity index (χ4n) is 2.65. The second-order valence-electron chi connectivity index (χ2n) is 5.25. The van der Waals surface area contributed by atoms with Gasteiger partial charge in [-0.2, -0.15) is 0 Å². The molecule has 106 valence electrons. The van der Waals surface area contributed by atoms with Crippen molar-refractivity contribution in [1.29, 1.82) is 0 Å². The van der Waals surface area contributed by atoms with Crippen LogP contribution in [0.2, 0.25) is 4.34 Å². The summed E-state index contributed by atoms with van der Waals surface area (Å²) in [6.07, 6.45) is 2.61. The summed E-state index contributed by atoms with van der Waals surface area (Å²) in [5.74, 6) is 0. The van der Waals surface area contributed by atoms with Crippen molar-refractivity contribution in [1.82, 2.24) is 0 Å². The van der Waals surface area contributed by atoms with E-state index in [1.807, 2.05) is 6.07 Å². The van der Waals surface area contributed by atoms with E-state index in [0.29, 0.717) is 0 Å². The van der Waals surface area contributed by atoms with E-state index >= 15 is 0 Å². The second kappa shape index (κ2) is 6.06. The van der Waals surface area contributed by atoms with E-state index in [2.05, 4.69) is 47.5 Å². The number of nitrogens with one attached hydrogen (secondary N) is 1. The van der Waals surface area contributed by atoms with Gasteiger partial charge in [-0.3, -0.25) is 0 Å². The number of thiophene rings is 1. The fraction of sp³-hybridized carbons (Fsp3) is 0.375. The van der Waals surface area contributed by atoms with Gasteiger partial charge in [0.2, 0.25) is 0 Å². The van der Waals surface area contributed by atoms with Crippen LogP contribution in [0, 0.1) is 0 Å². The number of anilines is 2. The molecule has 0 bridgehead atoms. The molecule has 2 aromatic rings. The number of rotatable bonds is 4. The van der Waals surface area contributed by atoms with Gasteiger partial charge >= 0.3 is 0 Å². The van der Waals surface area contributed by atoms with Crippen LogP contribution in [-0.2, 0) is 0 Å². The molecule has 1 saturated heterocycles. The van der Waals surface area contributed by atoms with E-state index in [-0.39, 0.29) is 6.04 Å². The van der Waals surface area contributed by atoms with Crippen LogP contribution in [0.3, 0.4) is 0 Å². The molecule has 1 unspecified atom stereocenters. The van der Waals surface area contributed by atoms with Crippen LogP contribution in [0.15, 0.2) is 36.4 Å². The van der Waals surface area contributed by atoms with Crippen LogP contribution in [0.5, 0.6) is 0 Å². The lowest BCUT2D eigenvalue weighted by Crippen LogP contribution is -2.17. The van der Waals surface area contributed by atoms with Gasteiger partial charge in [-0.05, 0) is 50.1 Å². The maximum atomic E-state index is 6.00. The van der Waals surface area contributed by atoms with Gasteiger partial charge in [-0.15, -0.1) is 11.3 Å². The second-order valence-corrected chi connectivity index (χ2v) is 7.00. The molecule has 4 heteroatoms. The smallest absolute Gasteiger partial charge is 0.0932 e. The lowest BCUT2D eigenvalue weighted by Gasteiger charge is -2.20. The lowest BCUT2D eigenvalue weighted by atomic mass is 10.2. The number of benzene rings is 1. The number of hydrogen-bond donors (Lipinski definition) is 1. The van der Waals surface area contributed by atoms with Crippen molar-refractivity contribution in [3.63, 3.8) is 0 Å². The largest absolute Gasteiger partial charge is 0.378 e. The molecule has 1 atom stereocenters. The van der Waals surface area contributed by atoms with Crippen LogP contribution in [-0.4, -0.2) is 13.1 Å².